The molecule has 0 saturated carbocycles. The highest BCUT2D eigenvalue weighted by Gasteiger charge is 2.03. The van der Waals surface area contributed by atoms with Gasteiger partial charge in [-0.1, -0.05) is 11.6 Å². The predicted molar refractivity (Wildman–Crippen MR) is 58.9 cm³/mol. The Balaban J connectivity index is 2.92. The molecule has 0 bridgehead atoms. The third-order valence-electron chi connectivity index (χ3n) is 1.77. The summed E-state index contributed by atoms with van der Waals surface area (Å²) in [5, 5.41) is 1.54. The molecule has 2 N–H and O–H groups in total. The van der Waals surface area contributed by atoms with Crippen LogP contribution in [0.5, 0.6) is 0 Å². The fourth-order valence-corrected chi connectivity index (χ4v) is 1.82. The van der Waals surface area contributed by atoms with Gasteiger partial charge in [0.25, 0.3) is 0 Å². The Morgan fingerprint density at radius 2 is 2.15 bits per heavy atom. The van der Waals surface area contributed by atoms with E-state index >= 15 is 0 Å². The first-order valence-corrected chi connectivity index (χ1v) is 4.85. The summed E-state index contributed by atoms with van der Waals surface area (Å²) in [7, 11) is 0. The molecule has 2 aromatic rings. The zero-order valence-electron chi connectivity index (χ0n) is 6.59. The number of pyridine rings is 1. The number of nitrogens with zero attached hydrogens (tertiary/aromatic N) is 1. The average molecular weight is 258 g/mol. The van der Waals surface area contributed by atoms with E-state index in [0.717, 1.165) is 15.4 Å². The summed E-state index contributed by atoms with van der Waals surface area (Å²) in [4.78, 5) is 4.18. The first kappa shape index (κ1) is 8.78. The molecule has 0 aliphatic carbocycles. The normalized spacial score (nSPS) is 10.6. The number of benzene rings is 1. The van der Waals surface area contributed by atoms with E-state index in [1.54, 1.807) is 6.20 Å². The van der Waals surface area contributed by atoms with Crippen LogP contribution < -0.4 is 5.73 Å². The third-order valence-corrected chi connectivity index (χ3v) is 2.74. The molecule has 4 heteroatoms. The molecule has 13 heavy (non-hydrogen) atoms. The fourth-order valence-electron chi connectivity index (χ4n) is 1.17. The second-order valence-corrected chi connectivity index (χ2v) is 3.96. The Kier molecular flexibility index (Phi) is 2.14. The van der Waals surface area contributed by atoms with Crippen LogP contribution in [0.2, 0.25) is 5.02 Å². The lowest BCUT2D eigenvalue weighted by Gasteiger charge is -2.02. The minimum absolute atomic E-state index is 0.618. The van der Waals surface area contributed by atoms with Crippen molar-refractivity contribution >= 4 is 44.1 Å². The summed E-state index contributed by atoms with van der Waals surface area (Å²) >= 11 is 9.38. The van der Waals surface area contributed by atoms with Gasteiger partial charge in [0.05, 0.1) is 22.4 Å². The number of nitrogens with two attached hydrogens (primary N) is 1. The highest BCUT2D eigenvalue weighted by atomic mass is 79.9. The van der Waals surface area contributed by atoms with Gasteiger partial charge in [-0.05, 0) is 34.1 Å². The summed E-state index contributed by atoms with van der Waals surface area (Å²) in [5.41, 5.74) is 7.06. The van der Waals surface area contributed by atoms with Crippen molar-refractivity contribution in [2.75, 3.05) is 5.73 Å². The van der Waals surface area contributed by atoms with Crippen LogP contribution in [-0.2, 0) is 0 Å². The molecule has 0 aliphatic rings. The van der Waals surface area contributed by atoms with Crippen LogP contribution >= 0.6 is 27.5 Å². The predicted octanol–water partition coefficient (Wildman–Crippen LogP) is 3.23. The van der Waals surface area contributed by atoms with Gasteiger partial charge in [0.1, 0.15) is 0 Å². The number of anilines is 1. The molecule has 0 saturated heterocycles. The number of aromatic nitrogens is 1. The van der Waals surface area contributed by atoms with E-state index in [-0.39, 0.29) is 0 Å². The maximum Gasteiger partial charge on any atom is 0.0860 e. The highest BCUT2D eigenvalue weighted by molar-refractivity contribution is 9.10. The number of rotatable bonds is 0. The average Bonchev–Trinajstić information content (AvgIpc) is 2.12. The first-order valence-electron chi connectivity index (χ1n) is 3.68. The largest absolute Gasteiger partial charge is 0.397 e. The molecule has 0 aliphatic heterocycles. The molecule has 0 amide bonds. The lowest BCUT2D eigenvalue weighted by atomic mass is 10.2. The molecule has 0 radical (unpaired) electrons. The van der Waals surface area contributed by atoms with Gasteiger partial charge in [-0.15, -0.1) is 0 Å². The van der Waals surface area contributed by atoms with E-state index in [4.69, 9.17) is 17.3 Å². The van der Waals surface area contributed by atoms with Crippen molar-refractivity contribution in [1.82, 2.24) is 4.98 Å². The number of fused-ring (bicyclic) bond motifs is 1. The molecule has 2 nitrogen and oxygen atoms in total. The van der Waals surface area contributed by atoms with Gasteiger partial charge in [0, 0.05) is 9.86 Å². The van der Waals surface area contributed by atoms with Crippen molar-refractivity contribution in [3.8, 4) is 0 Å². The number of hydrogen-bond donors (Lipinski definition) is 1. The summed E-state index contributed by atoms with van der Waals surface area (Å²) in [6.07, 6.45) is 1.61. The van der Waals surface area contributed by atoms with Crippen molar-refractivity contribution in [1.29, 1.82) is 0 Å². The molecule has 66 valence electrons. The zero-order valence-corrected chi connectivity index (χ0v) is 8.93. The van der Waals surface area contributed by atoms with Gasteiger partial charge in [0.2, 0.25) is 0 Å². The Morgan fingerprint density at radius 1 is 1.38 bits per heavy atom. The number of hydrogen-bond acceptors (Lipinski definition) is 2. The van der Waals surface area contributed by atoms with Crippen LogP contribution in [0.4, 0.5) is 5.69 Å². The molecule has 0 atom stereocenters. The monoisotopic (exact) mass is 256 g/mol. The van der Waals surface area contributed by atoms with Crippen LogP contribution in [0.15, 0.2) is 28.9 Å². The topological polar surface area (TPSA) is 38.9 Å². The van der Waals surface area contributed by atoms with Crippen molar-refractivity contribution in [3.05, 3.63) is 33.9 Å². The minimum Gasteiger partial charge on any atom is -0.397 e. The lowest BCUT2D eigenvalue weighted by molar-refractivity contribution is 1.40. The Morgan fingerprint density at radius 3 is 2.92 bits per heavy atom. The summed E-state index contributed by atoms with van der Waals surface area (Å²) in [6.45, 7) is 0. The maximum atomic E-state index is 5.98. The third kappa shape index (κ3) is 1.49. The maximum absolute atomic E-state index is 5.98. The van der Waals surface area contributed by atoms with Crippen LogP contribution in [0, 0.1) is 0 Å². The van der Waals surface area contributed by atoms with Crippen molar-refractivity contribution < 1.29 is 0 Å². The second-order valence-electron chi connectivity index (χ2n) is 2.69. The summed E-state index contributed by atoms with van der Waals surface area (Å²) in [6, 6.07) is 5.50. The highest BCUT2D eigenvalue weighted by Crippen LogP contribution is 2.29. The van der Waals surface area contributed by atoms with Gasteiger partial charge in [-0.3, -0.25) is 4.98 Å². The molecule has 0 unspecified atom stereocenters. The fraction of sp³-hybridized carbons (Fsp3) is 0. The number of nitrogen functional groups attached to an aromatic ring is 1. The molecular formula is C9H6BrClN2. The van der Waals surface area contributed by atoms with Crippen molar-refractivity contribution in [3.63, 3.8) is 0 Å². The molecule has 1 heterocycles. The van der Waals surface area contributed by atoms with Gasteiger partial charge in [0.15, 0.2) is 0 Å². The van der Waals surface area contributed by atoms with E-state index < -0.39 is 0 Å². The molecule has 2 rings (SSSR count). The second kappa shape index (κ2) is 3.16. The van der Waals surface area contributed by atoms with Gasteiger partial charge < -0.3 is 5.73 Å². The van der Waals surface area contributed by atoms with Gasteiger partial charge in [-0.2, -0.15) is 0 Å². The van der Waals surface area contributed by atoms with Crippen LogP contribution in [0.25, 0.3) is 10.9 Å². The quantitative estimate of drug-likeness (QED) is 0.787. The van der Waals surface area contributed by atoms with Crippen LogP contribution in [-0.4, -0.2) is 4.98 Å². The van der Waals surface area contributed by atoms with Gasteiger partial charge >= 0.3 is 0 Å². The van der Waals surface area contributed by atoms with Crippen molar-refractivity contribution in [2.24, 2.45) is 0 Å². The van der Waals surface area contributed by atoms with E-state index in [1.165, 1.54) is 0 Å². The Labute approximate surface area is 88.8 Å². The van der Waals surface area contributed by atoms with Gasteiger partial charge in [-0.25, -0.2) is 0 Å². The molecular weight excluding hydrogens is 251 g/mol. The molecule has 0 spiro atoms. The van der Waals surface area contributed by atoms with E-state index in [2.05, 4.69) is 20.9 Å². The Bertz CT molecular complexity index is 470. The number of halogens is 2. The molecule has 0 fully saturated rings. The van der Waals surface area contributed by atoms with E-state index in [9.17, 15) is 0 Å². The standard InChI is InChI=1S/C9H6BrClN2/c10-7-1-2-8(11)6-3-5(12)4-13-9(6)7/h1-4H,12H2. The van der Waals surface area contributed by atoms with Crippen LogP contribution in [0.1, 0.15) is 0 Å². The SMILES string of the molecule is Nc1cnc2c(Br)ccc(Cl)c2c1. The zero-order chi connectivity index (χ0) is 9.42. The minimum atomic E-state index is 0.618. The van der Waals surface area contributed by atoms with Crippen LogP contribution in [0.3, 0.4) is 0 Å². The Hall–Kier alpha value is -0.800. The van der Waals surface area contributed by atoms with Crippen molar-refractivity contribution in [2.45, 2.75) is 0 Å². The first-order chi connectivity index (χ1) is 6.18. The molecule has 1 aromatic carbocycles. The van der Waals surface area contributed by atoms with E-state index in [1.807, 2.05) is 18.2 Å². The molecule has 1 aromatic heterocycles. The summed E-state index contributed by atoms with van der Waals surface area (Å²) < 4.78 is 0.923. The smallest absolute Gasteiger partial charge is 0.0860 e. The summed E-state index contributed by atoms with van der Waals surface area (Å²) in [5.74, 6) is 0. The van der Waals surface area contributed by atoms with E-state index in [0.29, 0.717) is 10.7 Å². The lowest BCUT2D eigenvalue weighted by Crippen LogP contribution is -1.88.